The van der Waals surface area contributed by atoms with Crippen molar-refractivity contribution in [3.63, 3.8) is 0 Å². The second-order valence-electron chi connectivity index (χ2n) is 5.47. The lowest BCUT2D eigenvalue weighted by molar-refractivity contribution is 0.242. The molecular weight excluding hydrogens is 264 g/mol. The highest BCUT2D eigenvalue weighted by molar-refractivity contribution is 9.09. The smallest absolute Gasteiger partial charge is 0.120 e. The van der Waals surface area contributed by atoms with E-state index in [0.29, 0.717) is 4.83 Å². The van der Waals surface area contributed by atoms with Gasteiger partial charge in [0, 0.05) is 4.83 Å². The van der Waals surface area contributed by atoms with Gasteiger partial charge >= 0.3 is 0 Å². The van der Waals surface area contributed by atoms with Gasteiger partial charge in [0.15, 0.2) is 0 Å². The monoisotopic (exact) mass is 282 g/mol. The molecule has 0 bridgehead atoms. The second-order valence-corrected chi connectivity index (χ2v) is 6.58. The molecule has 1 atom stereocenters. The van der Waals surface area contributed by atoms with Gasteiger partial charge in [-0.3, -0.25) is 0 Å². The number of hydrogen-bond donors (Lipinski definition) is 0. The van der Waals surface area contributed by atoms with Crippen LogP contribution in [0.2, 0.25) is 0 Å². The standard InChI is InChI=1S/C14H19BrO/c1-9(2)16-10-5-6-12-11(7-10)13(15)8-14(12,3)4/h5-7,9,13H,8H2,1-4H3. The molecule has 1 aliphatic carbocycles. The van der Waals surface area contributed by atoms with Crippen molar-refractivity contribution in [3.05, 3.63) is 29.3 Å². The van der Waals surface area contributed by atoms with E-state index in [0.717, 1.165) is 12.2 Å². The first-order chi connectivity index (χ1) is 7.40. The first kappa shape index (κ1) is 12.0. The van der Waals surface area contributed by atoms with E-state index in [1.165, 1.54) is 11.1 Å². The fourth-order valence-corrected chi connectivity index (χ4v) is 3.62. The molecule has 1 nitrogen and oxygen atoms in total. The van der Waals surface area contributed by atoms with Crippen molar-refractivity contribution >= 4 is 15.9 Å². The van der Waals surface area contributed by atoms with E-state index < -0.39 is 0 Å². The third-order valence-electron chi connectivity index (χ3n) is 3.15. The molecule has 0 spiro atoms. The summed E-state index contributed by atoms with van der Waals surface area (Å²) in [5, 5.41) is 0. The summed E-state index contributed by atoms with van der Waals surface area (Å²) in [7, 11) is 0. The van der Waals surface area contributed by atoms with Gasteiger partial charge in [0.25, 0.3) is 0 Å². The van der Waals surface area contributed by atoms with Crippen molar-refractivity contribution in [1.82, 2.24) is 0 Å². The molecule has 0 radical (unpaired) electrons. The van der Waals surface area contributed by atoms with Crippen LogP contribution in [-0.2, 0) is 5.41 Å². The molecule has 0 aromatic heterocycles. The van der Waals surface area contributed by atoms with Crippen LogP contribution in [0.5, 0.6) is 5.75 Å². The largest absolute Gasteiger partial charge is 0.491 e. The van der Waals surface area contributed by atoms with Crippen molar-refractivity contribution in [3.8, 4) is 5.75 Å². The molecule has 1 unspecified atom stereocenters. The molecule has 1 aromatic carbocycles. The molecule has 0 saturated heterocycles. The molecule has 1 aromatic rings. The van der Waals surface area contributed by atoms with Crippen molar-refractivity contribution in [2.45, 2.75) is 50.5 Å². The summed E-state index contributed by atoms with van der Waals surface area (Å²) in [5.74, 6) is 0.982. The Labute approximate surface area is 106 Å². The Morgan fingerprint density at radius 1 is 1.38 bits per heavy atom. The highest BCUT2D eigenvalue weighted by Gasteiger charge is 2.35. The fraction of sp³-hybridized carbons (Fsp3) is 0.571. The van der Waals surface area contributed by atoms with Gasteiger partial charge in [-0.25, -0.2) is 0 Å². The van der Waals surface area contributed by atoms with E-state index in [4.69, 9.17) is 4.74 Å². The van der Waals surface area contributed by atoms with E-state index in [2.05, 4.69) is 61.8 Å². The fourth-order valence-electron chi connectivity index (χ4n) is 2.43. The highest BCUT2D eigenvalue weighted by atomic mass is 79.9. The second kappa shape index (κ2) is 4.06. The predicted octanol–water partition coefficient (Wildman–Crippen LogP) is 4.59. The van der Waals surface area contributed by atoms with Crippen molar-refractivity contribution in [2.24, 2.45) is 0 Å². The average Bonchev–Trinajstić information content (AvgIpc) is 2.36. The summed E-state index contributed by atoms with van der Waals surface area (Å²) in [4.78, 5) is 0.466. The lowest BCUT2D eigenvalue weighted by atomic mass is 9.87. The molecule has 0 heterocycles. The Hall–Kier alpha value is -0.500. The van der Waals surface area contributed by atoms with Crippen LogP contribution in [0.25, 0.3) is 0 Å². The minimum atomic E-state index is 0.237. The van der Waals surface area contributed by atoms with Gasteiger partial charge in [0.05, 0.1) is 6.10 Å². The van der Waals surface area contributed by atoms with Crippen molar-refractivity contribution in [2.75, 3.05) is 0 Å². The minimum absolute atomic E-state index is 0.237. The van der Waals surface area contributed by atoms with E-state index in [9.17, 15) is 0 Å². The maximum Gasteiger partial charge on any atom is 0.120 e. The lowest BCUT2D eigenvalue weighted by Gasteiger charge is -2.19. The van der Waals surface area contributed by atoms with Gasteiger partial charge in [-0.1, -0.05) is 35.8 Å². The van der Waals surface area contributed by atoms with E-state index >= 15 is 0 Å². The van der Waals surface area contributed by atoms with Crippen LogP contribution < -0.4 is 4.74 Å². The van der Waals surface area contributed by atoms with E-state index in [1.807, 2.05) is 0 Å². The van der Waals surface area contributed by atoms with Crippen molar-refractivity contribution < 1.29 is 4.74 Å². The number of alkyl halides is 1. The summed E-state index contributed by atoms with van der Waals surface area (Å²) >= 11 is 3.76. The Balaban J connectivity index is 2.37. The van der Waals surface area contributed by atoms with Gasteiger partial charge in [0.2, 0.25) is 0 Å². The van der Waals surface area contributed by atoms with Crippen LogP contribution in [0.4, 0.5) is 0 Å². The summed E-state index contributed by atoms with van der Waals surface area (Å²) in [6.07, 6.45) is 1.40. The Morgan fingerprint density at radius 2 is 2.06 bits per heavy atom. The van der Waals surface area contributed by atoms with Crippen LogP contribution >= 0.6 is 15.9 Å². The molecule has 0 N–H and O–H groups in total. The Bertz CT molecular complexity index is 396. The Morgan fingerprint density at radius 3 is 2.69 bits per heavy atom. The van der Waals surface area contributed by atoms with Crippen molar-refractivity contribution in [1.29, 1.82) is 0 Å². The zero-order chi connectivity index (χ0) is 11.9. The Kier molecular flexibility index (Phi) is 3.04. The zero-order valence-electron chi connectivity index (χ0n) is 10.4. The predicted molar refractivity (Wildman–Crippen MR) is 71.5 cm³/mol. The van der Waals surface area contributed by atoms with Crippen LogP contribution in [0.1, 0.15) is 50.1 Å². The number of hydrogen-bond acceptors (Lipinski definition) is 1. The normalized spacial score (nSPS) is 22.2. The lowest BCUT2D eigenvalue weighted by Crippen LogP contribution is -2.12. The third-order valence-corrected chi connectivity index (χ3v) is 3.97. The zero-order valence-corrected chi connectivity index (χ0v) is 12.0. The van der Waals surface area contributed by atoms with Gasteiger partial charge in [-0.15, -0.1) is 0 Å². The number of benzene rings is 1. The highest BCUT2D eigenvalue weighted by Crippen LogP contribution is 2.49. The first-order valence-corrected chi connectivity index (χ1v) is 6.77. The minimum Gasteiger partial charge on any atom is -0.491 e. The molecular formula is C14H19BrO. The van der Waals surface area contributed by atoms with Crippen LogP contribution in [-0.4, -0.2) is 6.10 Å². The van der Waals surface area contributed by atoms with Gasteiger partial charge in [-0.2, -0.15) is 0 Å². The van der Waals surface area contributed by atoms with Gasteiger partial charge < -0.3 is 4.74 Å². The van der Waals surface area contributed by atoms with Crippen LogP contribution in [0.3, 0.4) is 0 Å². The molecule has 0 aliphatic heterocycles. The number of rotatable bonds is 2. The van der Waals surface area contributed by atoms with Crippen LogP contribution in [0, 0.1) is 0 Å². The quantitative estimate of drug-likeness (QED) is 0.721. The number of ether oxygens (including phenoxy) is 1. The maximum absolute atomic E-state index is 5.74. The number of halogens is 1. The third kappa shape index (κ3) is 2.13. The molecule has 1 aliphatic rings. The molecule has 0 saturated carbocycles. The molecule has 2 heteroatoms. The SMILES string of the molecule is CC(C)Oc1ccc2c(c1)C(Br)CC2(C)C. The molecule has 16 heavy (non-hydrogen) atoms. The maximum atomic E-state index is 5.74. The summed E-state index contributed by atoms with van der Waals surface area (Å²) in [5.41, 5.74) is 3.12. The summed E-state index contributed by atoms with van der Waals surface area (Å²) < 4.78 is 5.74. The van der Waals surface area contributed by atoms with Gasteiger partial charge in [0.1, 0.15) is 5.75 Å². The summed E-state index contributed by atoms with van der Waals surface area (Å²) in [6.45, 7) is 8.72. The van der Waals surface area contributed by atoms with E-state index in [1.54, 1.807) is 0 Å². The average molecular weight is 283 g/mol. The molecule has 2 rings (SSSR count). The molecule has 88 valence electrons. The molecule has 0 amide bonds. The first-order valence-electron chi connectivity index (χ1n) is 5.85. The van der Waals surface area contributed by atoms with E-state index in [-0.39, 0.29) is 11.5 Å². The molecule has 0 fully saturated rings. The van der Waals surface area contributed by atoms with Crippen LogP contribution in [0.15, 0.2) is 18.2 Å². The topological polar surface area (TPSA) is 9.23 Å². The van der Waals surface area contributed by atoms with Gasteiger partial charge in [-0.05, 0) is 48.9 Å². The summed E-state index contributed by atoms with van der Waals surface area (Å²) in [6, 6.07) is 6.49. The number of fused-ring (bicyclic) bond motifs is 1.